The molecule has 0 aliphatic heterocycles. The third-order valence-corrected chi connectivity index (χ3v) is 4.27. The molecule has 0 saturated carbocycles. The van der Waals surface area contributed by atoms with Gasteiger partial charge in [0.05, 0.1) is 23.4 Å². The predicted molar refractivity (Wildman–Crippen MR) is 99.7 cm³/mol. The van der Waals surface area contributed by atoms with Crippen molar-refractivity contribution in [2.75, 3.05) is 5.32 Å². The molecule has 1 atom stereocenters. The summed E-state index contributed by atoms with van der Waals surface area (Å²) in [5.74, 6) is -0.510. The average molecular weight is 389 g/mol. The van der Waals surface area contributed by atoms with Gasteiger partial charge in [-0.3, -0.25) is 9.48 Å². The quantitative estimate of drug-likeness (QED) is 0.515. The standard InChI is InChI=1S/C17H17ClN6O3/c1-11-8-15(24(26)27)20-23(11)12(2)17(25)19-16-14(18)10-22(21-16)9-13-6-4-3-5-7-13/h3-8,10,12H,9H2,1-2H3,(H,19,21,25). The van der Waals surface area contributed by atoms with Gasteiger partial charge in [0.2, 0.25) is 0 Å². The third-order valence-electron chi connectivity index (χ3n) is 3.99. The van der Waals surface area contributed by atoms with E-state index < -0.39 is 16.9 Å². The van der Waals surface area contributed by atoms with E-state index >= 15 is 0 Å². The van der Waals surface area contributed by atoms with E-state index in [4.69, 9.17) is 11.6 Å². The Morgan fingerprint density at radius 1 is 1.33 bits per heavy atom. The van der Waals surface area contributed by atoms with Crippen LogP contribution < -0.4 is 5.32 Å². The van der Waals surface area contributed by atoms with Crippen molar-refractivity contribution in [3.05, 3.63) is 69.0 Å². The van der Waals surface area contributed by atoms with Crippen LogP contribution in [0.2, 0.25) is 5.02 Å². The molecule has 0 saturated heterocycles. The zero-order valence-electron chi connectivity index (χ0n) is 14.7. The molecule has 0 bridgehead atoms. The SMILES string of the molecule is Cc1cc([N+](=O)[O-])nn1C(C)C(=O)Nc1nn(Cc2ccccc2)cc1Cl. The number of hydrogen-bond acceptors (Lipinski definition) is 5. The number of carbonyl (C=O) groups excluding carboxylic acids is 1. The molecule has 0 fully saturated rings. The molecule has 1 aromatic carbocycles. The number of halogens is 1. The smallest absolute Gasteiger partial charge is 0.358 e. The van der Waals surface area contributed by atoms with Gasteiger partial charge in [-0.25, -0.2) is 0 Å². The summed E-state index contributed by atoms with van der Waals surface area (Å²) in [7, 11) is 0. The monoisotopic (exact) mass is 388 g/mol. The number of nitro groups is 1. The minimum atomic E-state index is -0.769. The first-order valence-corrected chi connectivity index (χ1v) is 8.51. The minimum Gasteiger partial charge on any atom is -0.358 e. The number of amides is 1. The molecule has 0 spiro atoms. The first-order valence-electron chi connectivity index (χ1n) is 8.13. The molecule has 0 radical (unpaired) electrons. The minimum absolute atomic E-state index is 0.226. The van der Waals surface area contributed by atoms with Crippen LogP contribution >= 0.6 is 11.6 Å². The van der Waals surface area contributed by atoms with Crippen LogP contribution in [0, 0.1) is 17.0 Å². The molecule has 27 heavy (non-hydrogen) atoms. The van der Waals surface area contributed by atoms with Crippen LogP contribution in [0.15, 0.2) is 42.6 Å². The highest BCUT2D eigenvalue weighted by molar-refractivity contribution is 6.33. The van der Waals surface area contributed by atoms with Crippen molar-refractivity contribution in [2.24, 2.45) is 0 Å². The molecule has 1 amide bonds. The van der Waals surface area contributed by atoms with Crippen LogP contribution in [0.3, 0.4) is 0 Å². The lowest BCUT2D eigenvalue weighted by molar-refractivity contribution is -0.389. The molecule has 0 aliphatic carbocycles. The number of nitrogens with zero attached hydrogens (tertiary/aromatic N) is 5. The lowest BCUT2D eigenvalue weighted by atomic mass is 10.2. The molecule has 10 heteroatoms. The molecular weight excluding hydrogens is 372 g/mol. The molecule has 2 aromatic heterocycles. The van der Waals surface area contributed by atoms with Crippen LogP contribution in [0.5, 0.6) is 0 Å². The van der Waals surface area contributed by atoms with Gasteiger partial charge in [0.25, 0.3) is 5.91 Å². The molecule has 3 aromatic rings. The van der Waals surface area contributed by atoms with E-state index in [9.17, 15) is 14.9 Å². The average Bonchev–Trinajstić information content (AvgIpc) is 3.18. The van der Waals surface area contributed by atoms with Gasteiger partial charge in [-0.2, -0.15) is 9.78 Å². The second-order valence-corrected chi connectivity index (χ2v) is 6.43. The van der Waals surface area contributed by atoms with Crippen molar-refractivity contribution in [3.63, 3.8) is 0 Å². The fourth-order valence-corrected chi connectivity index (χ4v) is 2.82. The Morgan fingerprint density at radius 3 is 2.67 bits per heavy atom. The van der Waals surface area contributed by atoms with Gasteiger partial charge in [0.1, 0.15) is 11.1 Å². The van der Waals surface area contributed by atoms with Gasteiger partial charge in [-0.15, -0.1) is 0 Å². The highest BCUT2D eigenvalue weighted by Crippen LogP contribution is 2.22. The van der Waals surface area contributed by atoms with Gasteiger partial charge >= 0.3 is 5.82 Å². The van der Waals surface area contributed by atoms with Crippen molar-refractivity contribution in [1.29, 1.82) is 0 Å². The summed E-state index contributed by atoms with van der Waals surface area (Å²) in [6.45, 7) is 3.75. The summed E-state index contributed by atoms with van der Waals surface area (Å²) in [6, 6.07) is 10.2. The van der Waals surface area contributed by atoms with E-state index in [0.29, 0.717) is 17.3 Å². The fourth-order valence-electron chi connectivity index (χ4n) is 2.62. The van der Waals surface area contributed by atoms with E-state index in [1.165, 1.54) is 10.7 Å². The highest BCUT2D eigenvalue weighted by Gasteiger charge is 2.25. The highest BCUT2D eigenvalue weighted by atomic mass is 35.5. The van der Waals surface area contributed by atoms with Gasteiger partial charge in [0, 0.05) is 6.20 Å². The van der Waals surface area contributed by atoms with Crippen LogP contribution in [-0.2, 0) is 11.3 Å². The topological polar surface area (TPSA) is 108 Å². The Labute approximate surface area is 159 Å². The summed E-state index contributed by atoms with van der Waals surface area (Å²) in [6.07, 6.45) is 1.62. The Morgan fingerprint density at radius 2 is 2.04 bits per heavy atom. The Kier molecular flexibility index (Phi) is 5.22. The first-order chi connectivity index (χ1) is 12.8. The number of hydrogen-bond donors (Lipinski definition) is 1. The van der Waals surface area contributed by atoms with Crippen LogP contribution in [0.25, 0.3) is 0 Å². The summed E-state index contributed by atoms with van der Waals surface area (Å²) in [5, 5.41) is 21.9. The molecule has 1 N–H and O–H groups in total. The number of benzene rings is 1. The normalized spacial score (nSPS) is 12.0. The maximum atomic E-state index is 12.5. The number of aromatic nitrogens is 4. The van der Waals surface area contributed by atoms with Gasteiger partial charge in [-0.05, 0) is 24.3 Å². The number of nitrogens with one attached hydrogen (secondary N) is 1. The summed E-state index contributed by atoms with van der Waals surface area (Å²) < 4.78 is 2.92. The largest absolute Gasteiger partial charge is 0.390 e. The Balaban J connectivity index is 1.73. The third kappa shape index (κ3) is 4.14. The maximum Gasteiger partial charge on any atom is 0.390 e. The van der Waals surface area contributed by atoms with Crippen LogP contribution in [-0.4, -0.2) is 30.4 Å². The molecule has 140 valence electrons. The number of aryl methyl sites for hydroxylation is 1. The second kappa shape index (κ2) is 7.58. The number of rotatable bonds is 6. The van der Waals surface area contributed by atoms with Gasteiger partial charge in [-0.1, -0.05) is 41.9 Å². The van der Waals surface area contributed by atoms with E-state index in [1.807, 2.05) is 30.3 Å². The zero-order chi connectivity index (χ0) is 19.6. The lowest BCUT2D eigenvalue weighted by Crippen LogP contribution is -2.25. The fraction of sp³-hybridized carbons (Fsp3) is 0.235. The van der Waals surface area contributed by atoms with Crippen molar-refractivity contribution in [1.82, 2.24) is 19.6 Å². The van der Waals surface area contributed by atoms with E-state index in [1.54, 1.807) is 24.7 Å². The summed E-state index contributed by atoms with van der Waals surface area (Å²) in [5.41, 5.74) is 1.55. The van der Waals surface area contributed by atoms with Gasteiger partial charge < -0.3 is 15.4 Å². The zero-order valence-corrected chi connectivity index (χ0v) is 15.4. The predicted octanol–water partition coefficient (Wildman–Crippen LogP) is 3.20. The van der Waals surface area contributed by atoms with E-state index in [0.717, 1.165) is 5.56 Å². The molecular formula is C17H17ClN6O3. The lowest BCUT2D eigenvalue weighted by Gasteiger charge is -2.10. The van der Waals surface area contributed by atoms with E-state index in [2.05, 4.69) is 15.5 Å². The molecule has 0 aliphatic rings. The van der Waals surface area contributed by atoms with Crippen LogP contribution in [0.4, 0.5) is 11.6 Å². The molecule has 3 rings (SSSR count). The number of anilines is 1. The van der Waals surface area contributed by atoms with E-state index in [-0.39, 0.29) is 11.6 Å². The Hall–Kier alpha value is -3.20. The molecule has 2 heterocycles. The van der Waals surface area contributed by atoms with Crippen molar-refractivity contribution >= 4 is 29.1 Å². The van der Waals surface area contributed by atoms with Gasteiger partial charge in [0.15, 0.2) is 5.82 Å². The first kappa shape index (κ1) is 18.6. The summed E-state index contributed by atoms with van der Waals surface area (Å²) >= 11 is 6.17. The Bertz CT molecular complexity index is 982. The summed E-state index contributed by atoms with van der Waals surface area (Å²) in [4.78, 5) is 22.8. The van der Waals surface area contributed by atoms with Crippen molar-refractivity contribution < 1.29 is 9.72 Å². The van der Waals surface area contributed by atoms with Crippen molar-refractivity contribution in [2.45, 2.75) is 26.4 Å². The maximum absolute atomic E-state index is 12.5. The van der Waals surface area contributed by atoms with Crippen LogP contribution in [0.1, 0.15) is 24.2 Å². The molecule has 1 unspecified atom stereocenters. The second-order valence-electron chi connectivity index (χ2n) is 6.02. The number of carbonyl (C=O) groups is 1. The van der Waals surface area contributed by atoms with Crippen molar-refractivity contribution in [3.8, 4) is 0 Å². The molecule has 9 nitrogen and oxygen atoms in total.